The third-order valence-corrected chi connectivity index (χ3v) is 7.56. The summed E-state index contributed by atoms with van der Waals surface area (Å²) in [5, 5.41) is 10.6. The Morgan fingerprint density at radius 1 is 1.19 bits per heavy atom. The molecular weight excluding hydrogens is 451 g/mol. The standard InChI is InChI=1S/C22H30Cl2N6O2/c1-14-19(16-3-6-26-20(24)18(16)23)28-17(13-31)21(27-14)29-7-4-22(5-8-29,15(2)25)30-9-11-32-12-10-30/h3,6,15,31H,4-5,7-13,25H2,1-2H3. The molecule has 0 aromatic carbocycles. The second-order valence-corrected chi connectivity index (χ2v) is 9.26. The molecule has 4 rings (SSSR count). The zero-order valence-corrected chi connectivity index (χ0v) is 20.0. The van der Waals surface area contributed by atoms with Crippen LogP contribution in [0.15, 0.2) is 12.3 Å². The lowest BCUT2D eigenvalue weighted by molar-refractivity contribution is -0.0408. The van der Waals surface area contributed by atoms with Crippen molar-refractivity contribution in [3.8, 4) is 11.3 Å². The fourth-order valence-corrected chi connectivity index (χ4v) is 5.29. The molecule has 4 heterocycles. The Bertz CT molecular complexity index is 960. The summed E-state index contributed by atoms with van der Waals surface area (Å²) in [6, 6.07) is 1.81. The van der Waals surface area contributed by atoms with E-state index in [9.17, 15) is 5.11 Å². The molecule has 174 valence electrons. The van der Waals surface area contributed by atoms with Gasteiger partial charge in [0.05, 0.1) is 36.2 Å². The predicted octanol–water partition coefficient (Wildman–Crippen LogP) is 2.66. The van der Waals surface area contributed by atoms with Crippen molar-refractivity contribution in [2.45, 2.75) is 44.9 Å². The lowest BCUT2D eigenvalue weighted by Crippen LogP contribution is -2.65. The average molecular weight is 481 g/mol. The molecule has 2 aromatic heterocycles. The van der Waals surface area contributed by atoms with Crippen LogP contribution in [-0.2, 0) is 11.3 Å². The number of anilines is 1. The van der Waals surface area contributed by atoms with Crippen molar-refractivity contribution in [3.63, 3.8) is 0 Å². The van der Waals surface area contributed by atoms with E-state index in [0.29, 0.717) is 27.8 Å². The molecule has 0 bridgehead atoms. The Balaban J connectivity index is 1.61. The first-order chi connectivity index (χ1) is 15.4. The molecule has 1 atom stereocenters. The topological polar surface area (TPSA) is 101 Å². The summed E-state index contributed by atoms with van der Waals surface area (Å²) in [5.41, 5.74) is 8.95. The minimum absolute atomic E-state index is 0.0499. The highest BCUT2D eigenvalue weighted by atomic mass is 35.5. The largest absolute Gasteiger partial charge is 0.390 e. The van der Waals surface area contributed by atoms with Gasteiger partial charge in [-0.05, 0) is 32.8 Å². The molecule has 10 heteroatoms. The van der Waals surface area contributed by atoms with Crippen LogP contribution in [0.3, 0.4) is 0 Å². The molecule has 1 unspecified atom stereocenters. The van der Waals surface area contributed by atoms with Gasteiger partial charge < -0.3 is 20.5 Å². The van der Waals surface area contributed by atoms with Crippen molar-refractivity contribution in [2.24, 2.45) is 5.73 Å². The van der Waals surface area contributed by atoms with E-state index in [4.69, 9.17) is 43.6 Å². The Hall–Kier alpha value is -1.55. The number of morpholine rings is 1. The van der Waals surface area contributed by atoms with Crippen LogP contribution in [0.5, 0.6) is 0 Å². The summed E-state index contributed by atoms with van der Waals surface area (Å²) in [6.45, 7) is 8.68. The molecule has 2 aliphatic heterocycles. The van der Waals surface area contributed by atoms with Crippen molar-refractivity contribution in [1.82, 2.24) is 19.9 Å². The van der Waals surface area contributed by atoms with Crippen LogP contribution in [0.1, 0.15) is 31.2 Å². The number of nitrogens with two attached hydrogens (primary N) is 1. The van der Waals surface area contributed by atoms with Gasteiger partial charge in [-0.25, -0.2) is 15.0 Å². The zero-order chi connectivity index (χ0) is 22.9. The van der Waals surface area contributed by atoms with Gasteiger partial charge in [-0.2, -0.15) is 0 Å². The number of aliphatic hydroxyl groups is 1. The van der Waals surface area contributed by atoms with Crippen molar-refractivity contribution in [1.29, 1.82) is 0 Å². The molecule has 3 N–H and O–H groups in total. The maximum absolute atomic E-state index is 10.1. The molecule has 8 nitrogen and oxygen atoms in total. The first-order valence-electron chi connectivity index (χ1n) is 11.0. The number of pyridine rings is 1. The number of halogens is 2. The van der Waals surface area contributed by atoms with Crippen molar-refractivity contribution < 1.29 is 9.84 Å². The SMILES string of the molecule is Cc1nc(N2CCC(C(C)N)(N3CCOCC3)CC2)c(CO)nc1-c1ccnc(Cl)c1Cl. The minimum Gasteiger partial charge on any atom is -0.390 e. The number of piperidine rings is 1. The van der Waals surface area contributed by atoms with Crippen molar-refractivity contribution >= 4 is 29.0 Å². The van der Waals surface area contributed by atoms with E-state index in [1.807, 2.05) is 6.92 Å². The Kier molecular flexibility index (Phi) is 7.19. The summed E-state index contributed by atoms with van der Waals surface area (Å²) in [5.74, 6) is 0.713. The van der Waals surface area contributed by atoms with Crippen LogP contribution in [0.25, 0.3) is 11.3 Å². The van der Waals surface area contributed by atoms with Gasteiger partial charge in [0.1, 0.15) is 10.8 Å². The molecule has 0 saturated carbocycles. The number of nitrogens with zero attached hydrogens (tertiary/aromatic N) is 5. The Morgan fingerprint density at radius 2 is 1.88 bits per heavy atom. The van der Waals surface area contributed by atoms with Crippen LogP contribution >= 0.6 is 23.2 Å². The Morgan fingerprint density at radius 3 is 2.50 bits per heavy atom. The van der Waals surface area contributed by atoms with E-state index in [1.54, 1.807) is 12.3 Å². The van der Waals surface area contributed by atoms with Gasteiger partial charge in [-0.15, -0.1) is 0 Å². The second kappa shape index (κ2) is 9.75. The fraction of sp³-hybridized carbons (Fsp3) is 0.591. The highest BCUT2D eigenvalue weighted by molar-refractivity contribution is 6.42. The number of ether oxygens (including phenoxy) is 1. The van der Waals surface area contributed by atoms with Gasteiger partial charge in [-0.1, -0.05) is 23.2 Å². The van der Waals surface area contributed by atoms with Crippen molar-refractivity contribution in [2.75, 3.05) is 44.3 Å². The number of aryl methyl sites for hydroxylation is 1. The highest BCUT2D eigenvalue weighted by Crippen LogP contribution is 2.37. The lowest BCUT2D eigenvalue weighted by atomic mass is 9.79. The van der Waals surface area contributed by atoms with E-state index in [0.717, 1.165) is 57.9 Å². The second-order valence-electron chi connectivity index (χ2n) is 8.53. The van der Waals surface area contributed by atoms with Gasteiger partial charge in [-0.3, -0.25) is 4.90 Å². The van der Waals surface area contributed by atoms with E-state index in [-0.39, 0.29) is 23.3 Å². The number of aromatic nitrogens is 3. The molecule has 2 aliphatic rings. The van der Waals surface area contributed by atoms with Crippen LogP contribution in [0, 0.1) is 6.92 Å². The molecule has 0 radical (unpaired) electrons. The highest BCUT2D eigenvalue weighted by Gasteiger charge is 2.43. The number of hydrogen-bond donors (Lipinski definition) is 2. The third kappa shape index (κ3) is 4.32. The van der Waals surface area contributed by atoms with Gasteiger partial charge >= 0.3 is 0 Å². The van der Waals surface area contributed by atoms with E-state index in [1.165, 1.54) is 0 Å². The van der Waals surface area contributed by atoms with Crippen LogP contribution < -0.4 is 10.6 Å². The first-order valence-corrected chi connectivity index (χ1v) is 11.7. The van der Waals surface area contributed by atoms with Crippen LogP contribution in [0.4, 0.5) is 5.82 Å². The summed E-state index contributed by atoms with van der Waals surface area (Å²) >= 11 is 12.4. The van der Waals surface area contributed by atoms with E-state index in [2.05, 4.69) is 21.7 Å². The summed E-state index contributed by atoms with van der Waals surface area (Å²) in [4.78, 5) is 18.3. The van der Waals surface area contributed by atoms with Crippen molar-refractivity contribution in [3.05, 3.63) is 33.8 Å². The minimum atomic E-state index is -0.218. The molecule has 2 aromatic rings. The maximum Gasteiger partial charge on any atom is 0.153 e. The maximum atomic E-state index is 10.1. The van der Waals surface area contributed by atoms with Gasteiger partial charge in [0.15, 0.2) is 5.82 Å². The molecule has 0 spiro atoms. The molecule has 0 amide bonds. The quantitative estimate of drug-likeness (QED) is 0.629. The normalized spacial score (nSPS) is 20.4. The lowest BCUT2D eigenvalue weighted by Gasteiger charge is -2.52. The molecular formula is C22H30Cl2N6O2. The monoisotopic (exact) mass is 480 g/mol. The summed E-state index contributed by atoms with van der Waals surface area (Å²) in [7, 11) is 0. The molecule has 0 aliphatic carbocycles. The van der Waals surface area contributed by atoms with Gasteiger partial charge in [0.2, 0.25) is 0 Å². The summed E-state index contributed by atoms with van der Waals surface area (Å²) < 4.78 is 5.55. The molecule has 32 heavy (non-hydrogen) atoms. The third-order valence-electron chi connectivity index (χ3n) is 6.79. The molecule has 2 saturated heterocycles. The smallest absolute Gasteiger partial charge is 0.153 e. The summed E-state index contributed by atoms with van der Waals surface area (Å²) in [6.07, 6.45) is 3.43. The van der Waals surface area contributed by atoms with Gasteiger partial charge in [0.25, 0.3) is 0 Å². The van der Waals surface area contributed by atoms with Crippen LogP contribution in [0.2, 0.25) is 10.2 Å². The van der Waals surface area contributed by atoms with E-state index >= 15 is 0 Å². The number of aliphatic hydroxyl groups excluding tert-OH is 1. The van der Waals surface area contributed by atoms with E-state index < -0.39 is 0 Å². The first kappa shape index (κ1) is 23.6. The molecule has 2 fully saturated rings. The Labute approximate surface area is 198 Å². The average Bonchev–Trinajstić information content (AvgIpc) is 2.81. The predicted molar refractivity (Wildman–Crippen MR) is 126 cm³/mol. The van der Waals surface area contributed by atoms with Gasteiger partial charge in [0, 0.05) is 49.5 Å². The number of hydrogen-bond acceptors (Lipinski definition) is 8. The fourth-order valence-electron chi connectivity index (χ4n) is 4.93. The van der Waals surface area contributed by atoms with Crippen LogP contribution in [-0.4, -0.2) is 75.9 Å². The zero-order valence-electron chi connectivity index (χ0n) is 18.5. The number of rotatable bonds is 5.